The van der Waals surface area contributed by atoms with Crippen molar-refractivity contribution in [3.8, 4) is 0 Å². The van der Waals surface area contributed by atoms with Crippen LogP contribution in [0.3, 0.4) is 0 Å². The van der Waals surface area contributed by atoms with Crippen LogP contribution in [0.25, 0.3) is 11.0 Å². The van der Waals surface area contributed by atoms with Crippen LogP contribution in [0, 0.1) is 13.8 Å². The fourth-order valence-corrected chi connectivity index (χ4v) is 2.74. The predicted octanol–water partition coefficient (Wildman–Crippen LogP) is 2.80. The molecule has 0 unspecified atom stereocenters. The van der Waals surface area contributed by atoms with E-state index in [1.165, 1.54) is 6.20 Å². The monoisotopic (exact) mass is 348 g/mol. The molecular weight excluding hydrogens is 328 g/mol. The molecular formula is C20H20N4O2. The first kappa shape index (κ1) is 17.5. The molecule has 0 saturated heterocycles. The lowest BCUT2D eigenvalue weighted by Gasteiger charge is -2.10. The maximum absolute atomic E-state index is 12.7. The number of amides is 1. The van der Waals surface area contributed by atoms with E-state index >= 15 is 0 Å². The zero-order chi connectivity index (χ0) is 18.7. The van der Waals surface area contributed by atoms with E-state index in [1.54, 1.807) is 22.9 Å². The van der Waals surface area contributed by atoms with Gasteiger partial charge in [0.05, 0.1) is 11.6 Å². The van der Waals surface area contributed by atoms with Crippen molar-refractivity contribution in [2.75, 3.05) is 0 Å². The van der Waals surface area contributed by atoms with Crippen LogP contribution in [0.2, 0.25) is 0 Å². The predicted molar refractivity (Wildman–Crippen MR) is 103 cm³/mol. The Balaban J connectivity index is 1.92. The topological polar surface area (TPSA) is 76.3 Å². The summed E-state index contributed by atoms with van der Waals surface area (Å²) in [4.78, 5) is 29.5. The Bertz CT molecular complexity index is 1070. The Hall–Kier alpha value is -3.28. The molecule has 26 heavy (non-hydrogen) atoms. The molecule has 1 aromatic carbocycles. The zero-order valence-electron chi connectivity index (χ0n) is 15.0. The lowest BCUT2D eigenvalue weighted by atomic mass is 10.1. The molecule has 0 spiro atoms. The van der Waals surface area contributed by atoms with Gasteiger partial charge in [-0.2, -0.15) is 5.10 Å². The van der Waals surface area contributed by atoms with Crippen LogP contribution >= 0.6 is 0 Å². The summed E-state index contributed by atoms with van der Waals surface area (Å²) in [6, 6.07) is 11.2. The molecule has 0 saturated carbocycles. The molecule has 6 nitrogen and oxygen atoms in total. The SMILES string of the molecule is CCn1cc(C(=O)N/N=C/c2cccc(C)c2)c(=O)c2ccc(C)nc21. The molecule has 0 atom stereocenters. The number of hydrogen-bond acceptors (Lipinski definition) is 4. The summed E-state index contributed by atoms with van der Waals surface area (Å²) in [7, 11) is 0. The molecule has 1 amide bonds. The van der Waals surface area contributed by atoms with Gasteiger partial charge in [0.15, 0.2) is 0 Å². The number of carbonyl (C=O) groups excluding carboxylic acids is 1. The zero-order valence-corrected chi connectivity index (χ0v) is 15.0. The molecule has 0 fully saturated rings. The molecule has 2 aromatic heterocycles. The number of benzene rings is 1. The first-order valence-electron chi connectivity index (χ1n) is 8.40. The van der Waals surface area contributed by atoms with E-state index in [-0.39, 0.29) is 11.0 Å². The third-order valence-corrected chi connectivity index (χ3v) is 4.07. The highest BCUT2D eigenvalue weighted by Crippen LogP contribution is 2.11. The fraction of sp³-hybridized carbons (Fsp3) is 0.200. The summed E-state index contributed by atoms with van der Waals surface area (Å²) >= 11 is 0. The Morgan fingerprint density at radius 2 is 2.08 bits per heavy atom. The molecule has 3 rings (SSSR count). The standard InChI is InChI=1S/C20H20N4O2/c1-4-24-12-17(18(25)16-9-8-14(3)22-19(16)24)20(26)23-21-11-15-7-5-6-13(2)10-15/h5-12H,4H2,1-3H3,(H,23,26)/b21-11+. The van der Waals surface area contributed by atoms with Crippen molar-refractivity contribution in [2.24, 2.45) is 5.10 Å². The maximum Gasteiger partial charge on any atom is 0.276 e. The van der Waals surface area contributed by atoms with Gasteiger partial charge in [0.25, 0.3) is 5.91 Å². The third kappa shape index (κ3) is 3.54. The van der Waals surface area contributed by atoms with Crippen molar-refractivity contribution in [3.05, 3.63) is 75.2 Å². The average Bonchev–Trinajstić information content (AvgIpc) is 2.62. The lowest BCUT2D eigenvalue weighted by molar-refractivity contribution is 0.0953. The summed E-state index contributed by atoms with van der Waals surface area (Å²) in [5, 5.41) is 4.39. The van der Waals surface area contributed by atoms with Crippen molar-refractivity contribution in [1.82, 2.24) is 15.0 Å². The van der Waals surface area contributed by atoms with Crippen LogP contribution in [0.5, 0.6) is 0 Å². The van der Waals surface area contributed by atoms with E-state index in [1.807, 2.05) is 45.0 Å². The number of aromatic nitrogens is 2. The van der Waals surface area contributed by atoms with Gasteiger partial charge in [0.1, 0.15) is 11.2 Å². The summed E-state index contributed by atoms with van der Waals surface area (Å²) in [5.41, 5.74) is 5.50. The van der Waals surface area contributed by atoms with Gasteiger partial charge in [-0.3, -0.25) is 9.59 Å². The van der Waals surface area contributed by atoms with E-state index < -0.39 is 5.91 Å². The Labute approximate surface area is 151 Å². The Morgan fingerprint density at radius 1 is 1.27 bits per heavy atom. The average molecular weight is 348 g/mol. The normalized spacial score (nSPS) is 11.2. The molecule has 1 N–H and O–H groups in total. The first-order chi connectivity index (χ1) is 12.5. The molecule has 0 aliphatic rings. The summed E-state index contributed by atoms with van der Waals surface area (Å²) in [6.45, 7) is 6.38. The number of aryl methyl sites for hydroxylation is 3. The van der Waals surface area contributed by atoms with Crippen molar-refractivity contribution in [2.45, 2.75) is 27.3 Å². The van der Waals surface area contributed by atoms with Crippen LogP contribution < -0.4 is 10.9 Å². The van der Waals surface area contributed by atoms with Crippen molar-refractivity contribution < 1.29 is 4.79 Å². The van der Waals surface area contributed by atoms with E-state index in [0.29, 0.717) is 17.6 Å². The molecule has 2 heterocycles. The van der Waals surface area contributed by atoms with Crippen LogP contribution in [0.4, 0.5) is 0 Å². The van der Waals surface area contributed by atoms with Crippen LogP contribution in [0.1, 0.15) is 34.1 Å². The second-order valence-corrected chi connectivity index (χ2v) is 6.09. The van der Waals surface area contributed by atoms with Gasteiger partial charge in [-0.15, -0.1) is 0 Å². The lowest BCUT2D eigenvalue weighted by Crippen LogP contribution is -2.27. The molecule has 0 aliphatic carbocycles. The summed E-state index contributed by atoms with van der Waals surface area (Å²) in [6.07, 6.45) is 3.09. The van der Waals surface area contributed by atoms with Gasteiger partial charge >= 0.3 is 0 Å². The van der Waals surface area contributed by atoms with Crippen molar-refractivity contribution >= 4 is 23.2 Å². The minimum atomic E-state index is -0.538. The molecule has 0 bridgehead atoms. The van der Waals surface area contributed by atoms with Crippen LogP contribution in [-0.4, -0.2) is 21.7 Å². The van der Waals surface area contributed by atoms with E-state index in [9.17, 15) is 9.59 Å². The van der Waals surface area contributed by atoms with Gasteiger partial charge in [0.2, 0.25) is 5.43 Å². The van der Waals surface area contributed by atoms with E-state index in [2.05, 4.69) is 15.5 Å². The van der Waals surface area contributed by atoms with Crippen LogP contribution in [-0.2, 0) is 6.54 Å². The molecule has 6 heteroatoms. The molecule has 132 valence electrons. The number of rotatable bonds is 4. The number of nitrogens with zero attached hydrogens (tertiary/aromatic N) is 3. The number of nitrogens with one attached hydrogen (secondary N) is 1. The second-order valence-electron chi connectivity index (χ2n) is 6.09. The van der Waals surface area contributed by atoms with Gasteiger partial charge in [-0.05, 0) is 38.5 Å². The highest BCUT2D eigenvalue weighted by atomic mass is 16.2. The Morgan fingerprint density at radius 3 is 2.81 bits per heavy atom. The largest absolute Gasteiger partial charge is 0.332 e. The first-order valence-corrected chi connectivity index (χ1v) is 8.40. The number of hydrazone groups is 1. The van der Waals surface area contributed by atoms with Gasteiger partial charge < -0.3 is 4.57 Å². The van der Waals surface area contributed by atoms with Gasteiger partial charge in [-0.25, -0.2) is 10.4 Å². The summed E-state index contributed by atoms with van der Waals surface area (Å²) < 4.78 is 1.79. The molecule has 0 radical (unpaired) electrons. The highest BCUT2D eigenvalue weighted by molar-refractivity contribution is 5.97. The quantitative estimate of drug-likeness (QED) is 0.582. The Kier molecular flexibility index (Phi) is 4.93. The van der Waals surface area contributed by atoms with Gasteiger partial charge in [-0.1, -0.05) is 29.8 Å². The minimum absolute atomic E-state index is 0.0476. The smallest absolute Gasteiger partial charge is 0.276 e. The number of hydrogen-bond donors (Lipinski definition) is 1. The fourth-order valence-electron chi connectivity index (χ4n) is 2.74. The summed E-state index contributed by atoms with van der Waals surface area (Å²) in [5.74, 6) is -0.538. The van der Waals surface area contributed by atoms with E-state index in [4.69, 9.17) is 0 Å². The second kappa shape index (κ2) is 7.31. The van der Waals surface area contributed by atoms with E-state index in [0.717, 1.165) is 16.8 Å². The van der Waals surface area contributed by atoms with Gasteiger partial charge in [0, 0.05) is 18.4 Å². The minimum Gasteiger partial charge on any atom is -0.332 e. The molecule has 0 aliphatic heterocycles. The third-order valence-electron chi connectivity index (χ3n) is 4.07. The van der Waals surface area contributed by atoms with Crippen molar-refractivity contribution in [1.29, 1.82) is 0 Å². The van der Waals surface area contributed by atoms with Crippen molar-refractivity contribution in [3.63, 3.8) is 0 Å². The molecule has 3 aromatic rings. The number of pyridine rings is 2. The number of fused-ring (bicyclic) bond motifs is 1. The van der Waals surface area contributed by atoms with Crippen LogP contribution in [0.15, 0.2) is 52.5 Å². The highest BCUT2D eigenvalue weighted by Gasteiger charge is 2.15. The number of carbonyl (C=O) groups is 1. The maximum atomic E-state index is 12.7.